The van der Waals surface area contributed by atoms with E-state index in [1.807, 2.05) is 50.5 Å². The van der Waals surface area contributed by atoms with E-state index in [1.165, 1.54) is 5.56 Å². The SMILES string of the molecule is Cc1ccc(Oc2ccc(NC(=O)c3cccn3C)cn2)cc1. The van der Waals surface area contributed by atoms with Gasteiger partial charge >= 0.3 is 0 Å². The van der Waals surface area contributed by atoms with Crippen LogP contribution in [0.1, 0.15) is 16.1 Å². The van der Waals surface area contributed by atoms with Crippen molar-refractivity contribution in [3.63, 3.8) is 0 Å². The molecule has 0 unspecified atom stereocenters. The molecular weight excluding hydrogens is 290 g/mol. The molecule has 2 heterocycles. The van der Waals surface area contributed by atoms with Crippen molar-refractivity contribution in [1.29, 1.82) is 0 Å². The number of ether oxygens (including phenoxy) is 1. The van der Waals surface area contributed by atoms with Gasteiger partial charge in [-0.3, -0.25) is 4.79 Å². The first-order valence-electron chi connectivity index (χ1n) is 7.25. The Kier molecular flexibility index (Phi) is 4.10. The van der Waals surface area contributed by atoms with Crippen molar-refractivity contribution in [1.82, 2.24) is 9.55 Å². The zero-order chi connectivity index (χ0) is 16.2. The summed E-state index contributed by atoms with van der Waals surface area (Å²) in [5.74, 6) is 1.03. The van der Waals surface area contributed by atoms with Gasteiger partial charge in [0.2, 0.25) is 5.88 Å². The molecule has 0 fully saturated rings. The van der Waals surface area contributed by atoms with E-state index in [9.17, 15) is 4.79 Å². The van der Waals surface area contributed by atoms with E-state index < -0.39 is 0 Å². The van der Waals surface area contributed by atoms with Gasteiger partial charge in [-0.2, -0.15) is 0 Å². The number of aryl methyl sites for hydroxylation is 2. The zero-order valence-corrected chi connectivity index (χ0v) is 13.0. The maximum absolute atomic E-state index is 12.1. The fourth-order valence-electron chi connectivity index (χ4n) is 2.13. The van der Waals surface area contributed by atoms with Crippen LogP contribution in [0.4, 0.5) is 5.69 Å². The van der Waals surface area contributed by atoms with Gasteiger partial charge in [-0.15, -0.1) is 0 Å². The Bertz CT molecular complexity index is 805. The predicted octanol–water partition coefficient (Wildman–Crippen LogP) is 3.77. The van der Waals surface area contributed by atoms with Crippen LogP contribution in [0.3, 0.4) is 0 Å². The van der Waals surface area contributed by atoms with Crippen molar-refractivity contribution in [3.8, 4) is 11.6 Å². The van der Waals surface area contributed by atoms with Gasteiger partial charge in [0, 0.05) is 19.3 Å². The van der Waals surface area contributed by atoms with Gasteiger partial charge in [-0.05, 0) is 37.3 Å². The van der Waals surface area contributed by atoms with E-state index in [2.05, 4.69) is 10.3 Å². The second-order valence-electron chi connectivity index (χ2n) is 5.26. The van der Waals surface area contributed by atoms with Crippen LogP contribution in [0.15, 0.2) is 60.9 Å². The average Bonchev–Trinajstić information content (AvgIpc) is 2.98. The Labute approximate surface area is 134 Å². The fourth-order valence-corrected chi connectivity index (χ4v) is 2.13. The lowest BCUT2D eigenvalue weighted by atomic mass is 10.2. The summed E-state index contributed by atoms with van der Waals surface area (Å²) in [6.45, 7) is 2.02. The van der Waals surface area contributed by atoms with Crippen LogP contribution in [-0.4, -0.2) is 15.5 Å². The number of hydrogen-bond donors (Lipinski definition) is 1. The van der Waals surface area contributed by atoms with Crippen molar-refractivity contribution >= 4 is 11.6 Å². The Morgan fingerprint density at radius 3 is 2.52 bits per heavy atom. The number of carbonyl (C=O) groups is 1. The molecule has 3 rings (SSSR count). The van der Waals surface area contributed by atoms with Gasteiger partial charge in [-0.1, -0.05) is 17.7 Å². The third kappa shape index (κ3) is 3.58. The Hall–Kier alpha value is -3.08. The summed E-state index contributed by atoms with van der Waals surface area (Å²) < 4.78 is 7.42. The molecule has 0 aliphatic carbocycles. The van der Waals surface area contributed by atoms with E-state index in [4.69, 9.17) is 4.74 Å². The van der Waals surface area contributed by atoms with Gasteiger partial charge < -0.3 is 14.6 Å². The lowest BCUT2D eigenvalue weighted by Gasteiger charge is -2.08. The number of pyridine rings is 1. The predicted molar refractivity (Wildman–Crippen MR) is 88.9 cm³/mol. The summed E-state index contributed by atoms with van der Waals surface area (Å²) in [6, 6.07) is 14.8. The van der Waals surface area contributed by atoms with E-state index in [-0.39, 0.29) is 5.91 Å². The number of amides is 1. The molecule has 116 valence electrons. The molecule has 0 aliphatic heterocycles. The number of anilines is 1. The van der Waals surface area contributed by atoms with Crippen molar-refractivity contribution in [3.05, 3.63) is 72.2 Å². The van der Waals surface area contributed by atoms with Crippen molar-refractivity contribution in [2.75, 3.05) is 5.32 Å². The number of rotatable bonds is 4. The normalized spacial score (nSPS) is 10.3. The van der Waals surface area contributed by atoms with E-state index in [0.29, 0.717) is 17.3 Å². The molecule has 0 bridgehead atoms. The van der Waals surface area contributed by atoms with E-state index in [1.54, 1.807) is 29.0 Å². The van der Waals surface area contributed by atoms with Gasteiger partial charge in [-0.25, -0.2) is 4.98 Å². The summed E-state index contributed by atoms with van der Waals surface area (Å²) in [4.78, 5) is 16.3. The minimum Gasteiger partial charge on any atom is -0.439 e. The number of aromatic nitrogens is 2. The topological polar surface area (TPSA) is 56.1 Å². The van der Waals surface area contributed by atoms with E-state index in [0.717, 1.165) is 5.75 Å². The molecule has 5 heteroatoms. The lowest BCUT2D eigenvalue weighted by Crippen LogP contribution is -2.15. The fraction of sp³-hybridized carbons (Fsp3) is 0.111. The Morgan fingerprint density at radius 2 is 1.91 bits per heavy atom. The van der Waals surface area contributed by atoms with Gasteiger partial charge in [0.15, 0.2) is 0 Å². The summed E-state index contributed by atoms with van der Waals surface area (Å²) >= 11 is 0. The van der Waals surface area contributed by atoms with Crippen molar-refractivity contribution in [2.45, 2.75) is 6.92 Å². The molecule has 1 amide bonds. The highest BCUT2D eigenvalue weighted by atomic mass is 16.5. The maximum atomic E-state index is 12.1. The highest BCUT2D eigenvalue weighted by molar-refractivity contribution is 6.03. The Morgan fingerprint density at radius 1 is 1.13 bits per heavy atom. The minimum absolute atomic E-state index is 0.175. The average molecular weight is 307 g/mol. The van der Waals surface area contributed by atoms with Crippen LogP contribution < -0.4 is 10.1 Å². The summed E-state index contributed by atoms with van der Waals surface area (Å²) in [5.41, 5.74) is 2.38. The molecule has 1 N–H and O–H groups in total. The van der Waals surface area contributed by atoms with Gasteiger partial charge in [0.25, 0.3) is 5.91 Å². The van der Waals surface area contributed by atoms with Crippen LogP contribution >= 0.6 is 0 Å². The lowest BCUT2D eigenvalue weighted by molar-refractivity contribution is 0.101. The number of nitrogens with zero attached hydrogens (tertiary/aromatic N) is 2. The van der Waals surface area contributed by atoms with E-state index >= 15 is 0 Å². The highest BCUT2D eigenvalue weighted by Gasteiger charge is 2.09. The molecule has 0 saturated carbocycles. The number of hydrogen-bond acceptors (Lipinski definition) is 3. The van der Waals surface area contributed by atoms with Gasteiger partial charge in [0.05, 0.1) is 11.9 Å². The Balaban J connectivity index is 1.66. The first kappa shape index (κ1) is 14.8. The molecule has 23 heavy (non-hydrogen) atoms. The summed E-state index contributed by atoms with van der Waals surface area (Å²) in [7, 11) is 1.83. The second-order valence-corrected chi connectivity index (χ2v) is 5.26. The quantitative estimate of drug-likeness (QED) is 0.798. The van der Waals surface area contributed by atoms with Crippen LogP contribution in [0.25, 0.3) is 0 Å². The third-order valence-corrected chi connectivity index (χ3v) is 3.41. The largest absolute Gasteiger partial charge is 0.439 e. The molecule has 0 spiro atoms. The van der Waals surface area contributed by atoms with Gasteiger partial charge in [0.1, 0.15) is 11.4 Å². The highest BCUT2D eigenvalue weighted by Crippen LogP contribution is 2.21. The maximum Gasteiger partial charge on any atom is 0.272 e. The number of benzene rings is 1. The molecule has 2 aromatic heterocycles. The molecule has 0 saturated heterocycles. The summed E-state index contributed by atoms with van der Waals surface area (Å²) in [5, 5.41) is 2.81. The standard InChI is InChI=1S/C18H17N3O2/c1-13-5-8-15(9-6-13)23-17-10-7-14(12-19-17)20-18(22)16-4-3-11-21(16)2/h3-12H,1-2H3,(H,20,22). The molecule has 1 aromatic carbocycles. The number of nitrogens with one attached hydrogen (secondary N) is 1. The molecule has 0 radical (unpaired) electrons. The molecular formula is C18H17N3O2. The second kappa shape index (κ2) is 6.36. The van der Waals surface area contributed by atoms with Crippen LogP contribution in [0.2, 0.25) is 0 Å². The molecule has 0 aliphatic rings. The van der Waals surface area contributed by atoms with Crippen LogP contribution in [-0.2, 0) is 7.05 Å². The number of carbonyl (C=O) groups excluding carboxylic acids is 1. The first-order chi connectivity index (χ1) is 11.1. The van der Waals surface area contributed by atoms with Crippen LogP contribution in [0.5, 0.6) is 11.6 Å². The minimum atomic E-state index is -0.175. The van der Waals surface area contributed by atoms with Crippen molar-refractivity contribution in [2.24, 2.45) is 7.05 Å². The monoisotopic (exact) mass is 307 g/mol. The molecule has 5 nitrogen and oxygen atoms in total. The smallest absolute Gasteiger partial charge is 0.272 e. The molecule has 3 aromatic rings. The third-order valence-electron chi connectivity index (χ3n) is 3.41. The molecule has 0 atom stereocenters. The van der Waals surface area contributed by atoms with Crippen LogP contribution in [0, 0.1) is 6.92 Å². The summed E-state index contributed by atoms with van der Waals surface area (Å²) in [6.07, 6.45) is 3.40. The van der Waals surface area contributed by atoms with Crippen molar-refractivity contribution < 1.29 is 9.53 Å². The zero-order valence-electron chi connectivity index (χ0n) is 13.0. The first-order valence-corrected chi connectivity index (χ1v) is 7.25.